The van der Waals surface area contributed by atoms with Gasteiger partial charge in [-0.15, -0.1) is 10.8 Å². The van der Waals surface area contributed by atoms with Gasteiger partial charge in [-0.25, -0.2) is 5.43 Å². The number of aryl methyl sites for hydroxylation is 1. The highest BCUT2D eigenvalue weighted by atomic mass is 32.2. The maximum absolute atomic E-state index is 12.3. The van der Waals surface area contributed by atoms with E-state index in [0.29, 0.717) is 5.16 Å². The summed E-state index contributed by atoms with van der Waals surface area (Å²) in [5.74, 6) is 1.32. The van der Waals surface area contributed by atoms with E-state index in [4.69, 9.17) is 4.74 Å². The number of ether oxygens (including phenoxy) is 1. The number of hydrogen-bond donors (Lipinski definition) is 2. The molecule has 1 heterocycles. The molecule has 2 N–H and O–H groups in total. The first-order valence-corrected chi connectivity index (χ1v) is 11.5. The molecule has 4 aromatic rings. The summed E-state index contributed by atoms with van der Waals surface area (Å²) in [5, 5.41) is 23.3. The predicted molar refractivity (Wildman–Crippen MR) is 129 cm³/mol. The number of carbonyl (C=O) groups excluding carboxylic acids is 1. The molecule has 9 heteroatoms. The molecule has 0 radical (unpaired) electrons. The third kappa shape index (κ3) is 5.62. The molecule has 0 bridgehead atoms. The molecule has 0 unspecified atom stereocenters. The minimum absolute atomic E-state index is 0.0764. The van der Waals surface area contributed by atoms with Crippen molar-refractivity contribution in [3.63, 3.8) is 0 Å². The number of hydrazone groups is 1. The van der Waals surface area contributed by atoms with Crippen LogP contribution in [0.2, 0.25) is 0 Å². The summed E-state index contributed by atoms with van der Waals surface area (Å²) < 4.78 is 7.24. The Hall–Kier alpha value is -4.11. The average Bonchev–Trinajstić information content (AvgIpc) is 3.28. The van der Waals surface area contributed by atoms with Gasteiger partial charge in [0.15, 0.2) is 0 Å². The maximum Gasteiger partial charge on any atom is 0.342 e. The zero-order chi connectivity index (χ0) is 23.9. The van der Waals surface area contributed by atoms with Gasteiger partial charge in [-0.05, 0) is 60.6 Å². The van der Waals surface area contributed by atoms with Crippen molar-refractivity contribution < 1.29 is 19.2 Å². The summed E-state index contributed by atoms with van der Waals surface area (Å²) in [7, 11) is 1.63. The van der Waals surface area contributed by atoms with E-state index < -0.39 is 0 Å². The van der Waals surface area contributed by atoms with E-state index in [1.165, 1.54) is 30.1 Å². The maximum atomic E-state index is 12.3. The lowest BCUT2D eigenvalue weighted by molar-refractivity contribution is -0.625. The average molecular weight is 474 g/mol. The van der Waals surface area contributed by atoms with Crippen LogP contribution in [0.25, 0.3) is 17.1 Å². The van der Waals surface area contributed by atoms with Gasteiger partial charge in [0, 0.05) is 0 Å². The van der Waals surface area contributed by atoms with Gasteiger partial charge in [0.05, 0.1) is 29.7 Å². The van der Waals surface area contributed by atoms with Gasteiger partial charge in [0.1, 0.15) is 11.4 Å². The molecule has 1 aromatic heterocycles. The van der Waals surface area contributed by atoms with Crippen LogP contribution in [0.5, 0.6) is 11.5 Å². The Balaban J connectivity index is 1.51. The van der Waals surface area contributed by atoms with Crippen LogP contribution in [0.3, 0.4) is 0 Å². The number of nitrogens with one attached hydrogen (secondary N) is 2. The van der Waals surface area contributed by atoms with Crippen LogP contribution in [0.4, 0.5) is 0 Å². The quantitative estimate of drug-likeness (QED) is 0.177. The summed E-state index contributed by atoms with van der Waals surface area (Å²) in [4.78, 5) is 12.3. The highest BCUT2D eigenvalue weighted by Crippen LogP contribution is 2.22. The lowest BCUT2D eigenvalue weighted by atomic mass is 10.2. The Bertz CT molecular complexity index is 1280. The first-order chi connectivity index (χ1) is 16.5. The minimum Gasteiger partial charge on any atom is -0.872 e. The summed E-state index contributed by atoms with van der Waals surface area (Å²) in [5.41, 5.74) is 6.23. The van der Waals surface area contributed by atoms with Gasteiger partial charge in [-0.3, -0.25) is 4.79 Å². The molecule has 8 nitrogen and oxygen atoms in total. The molecule has 0 aliphatic heterocycles. The summed E-state index contributed by atoms with van der Waals surface area (Å²) in [6.07, 6.45) is 1.49. The highest BCUT2D eigenvalue weighted by molar-refractivity contribution is 7.99. The number of thioether (sulfide) groups is 1. The third-order valence-corrected chi connectivity index (χ3v) is 5.88. The number of benzene rings is 3. The fourth-order valence-electron chi connectivity index (χ4n) is 3.16. The number of aromatic nitrogens is 3. The van der Waals surface area contributed by atoms with Crippen LogP contribution >= 0.6 is 11.8 Å². The standard InChI is InChI=1S/C25H23N5O3S/c1-17-3-9-20(10-4-17)30-24(19-7-13-22(33-2)14-8-19)28-29-25(30)34-16-23(32)27-26-15-18-5-11-21(31)12-6-18/h3-15H,16H2,1-2H3,(H2,26,27,31,32). The zero-order valence-corrected chi connectivity index (χ0v) is 19.5. The molecule has 0 spiro atoms. The molecular weight excluding hydrogens is 450 g/mol. The SMILES string of the molecule is COc1ccc(-c2[nH]nc(SCC(=O)N/N=C/c3ccc([O-])cc3)[n+]2-c2ccc(C)cc2)cc1. The van der Waals surface area contributed by atoms with Gasteiger partial charge in [-0.2, -0.15) is 9.67 Å². The van der Waals surface area contributed by atoms with Crippen molar-refractivity contribution in [3.8, 4) is 28.6 Å². The van der Waals surface area contributed by atoms with E-state index >= 15 is 0 Å². The number of amides is 1. The van der Waals surface area contributed by atoms with E-state index in [0.717, 1.165) is 34.0 Å². The molecule has 0 aliphatic carbocycles. The van der Waals surface area contributed by atoms with Crippen molar-refractivity contribution in [2.75, 3.05) is 12.9 Å². The van der Waals surface area contributed by atoms with Gasteiger partial charge in [0.25, 0.3) is 11.7 Å². The number of rotatable bonds is 8. The fraction of sp³-hybridized carbons (Fsp3) is 0.120. The second kappa shape index (κ2) is 10.7. The second-order valence-corrected chi connectivity index (χ2v) is 8.35. The first-order valence-electron chi connectivity index (χ1n) is 10.5. The Labute approximate surface area is 201 Å². The Morgan fingerprint density at radius 2 is 1.82 bits per heavy atom. The zero-order valence-electron chi connectivity index (χ0n) is 18.7. The summed E-state index contributed by atoms with van der Waals surface area (Å²) in [6, 6.07) is 21.9. The third-order valence-electron chi connectivity index (χ3n) is 4.94. The van der Waals surface area contributed by atoms with Gasteiger partial charge in [0.2, 0.25) is 0 Å². The van der Waals surface area contributed by atoms with Crippen molar-refractivity contribution in [2.45, 2.75) is 12.1 Å². The number of carbonyl (C=O) groups is 1. The summed E-state index contributed by atoms with van der Waals surface area (Å²) >= 11 is 1.29. The van der Waals surface area contributed by atoms with Gasteiger partial charge in [-0.1, -0.05) is 42.0 Å². The second-order valence-electron chi connectivity index (χ2n) is 7.41. The molecular formula is C25H23N5O3S. The number of H-pyrrole nitrogens is 1. The molecule has 0 fully saturated rings. The number of nitrogens with zero attached hydrogens (tertiary/aromatic N) is 3. The Kier molecular flexibility index (Phi) is 7.24. The topological polar surface area (TPSA) is 106 Å². The first kappa shape index (κ1) is 23.1. The molecule has 0 atom stereocenters. The predicted octanol–water partition coefficient (Wildman–Crippen LogP) is 2.99. The fourth-order valence-corrected chi connectivity index (χ4v) is 3.92. The molecule has 0 saturated carbocycles. The van der Waals surface area contributed by atoms with Crippen molar-refractivity contribution >= 4 is 23.9 Å². The Morgan fingerprint density at radius 1 is 1.12 bits per heavy atom. The number of methoxy groups -OCH3 is 1. The normalized spacial score (nSPS) is 11.0. The van der Waals surface area contributed by atoms with Crippen LogP contribution in [-0.4, -0.2) is 35.2 Å². The lowest BCUT2D eigenvalue weighted by Crippen LogP contribution is -2.34. The number of aromatic amines is 1. The van der Waals surface area contributed by atoms with Crippen molar-refractivity contribution in [3.05, 3.63) is 83.9 Å². The Morgan fingerprint density at radius 3 is 2.50 bits per heavy atom. The van der Waals surface area contributed by atoms with E-state index in [2.05, 4.69) is 20.7 Å². The molecule has 4 rings (SSSR count). The highest BCUT2D eigenvalue weighted by Gasteiger charge is 2.24. The monoisotopic (exact) mass is 473 g/mol. The van der Waals surface area contributed by atoms with Crippen LogP contribution < -0.4 is 19.8 Å². The minimum atomic E-state index is -0.272. The molecule has 34 heavy (non-hydrogen) atoms. The van der Waals surface area contributed by atoms with Gasteiger partial charge >= 0.3 is 5.16 Å². The van der Waals surface area contributed by atoms with Crippen molar-refractivity contribution in [1.29, 1.82) is 0 Å². The van der Waals surface area contributed by atoms with Crippen molar-refractivity contribution in [1.82, 2.24) is 15.6 Å². The van der Waals surface area contributed by atoms with Crippen LogP contribution in [0.1, 0.15) is 11.1 Å². The largest absolute Gasteiger partial charge is 0.872 e. The molecule has 3 aromatic carbocycles. The summed E-state index contributed by atoms with van der Waals surface area (Å²) in [6.45, 7) is 2.03. The molecule has 0 aliphatic rings. The van der Waals surface area contributed by atoms with E-state index in [-0.39, 0.29) is 17.4 Å². The van der Waals surface area contributed by atoms with Crippen LogP contribution in [0, 0.1) is 6.92 Å². The van der Waals surface area contributed by atoms with Gasteiger partial charge < -0.3 is 9.84 Å². The molecule has 172 valence electrons. The van der Waals surface area contributed by atoms with Crippen LogP contribution in [0.15, 0.2) is 83.1 Å². The van der Waals surface area contributed by atoms with E-state index in [9.17, 15) is 9.90 Å². The lowest BCUT2D eigenvalue weighted by Gasteiger charge is -2.06. The number of hydrogen-bond acceptors (Lipinski definition) is 6. The van der Waals surface area contributed by atoms with Crippen molar-refractivity contribution in [2.24, 2.45) is 5.10 Å². The van der Waals surface area contributed by atoms with E-state index in [1.807, 2.05) is 60.0 Å². The molecule has 0 saturated heterocycles. The smallest absolute Gasteiger partial charge is 0.342 e. The van der Waals surface area contributed by atoms with E-state index in [1.54, 1.807) is 19.2 Å². The van der Waals surface area contributed by atoms with Crippen LogP contribution in [-0.2, 0) is 4.79 Å². The molecule has 1 amide bonds.